The third kappa shape index (κ3) is 4.80. The van der Waals surface area contributed by atoms with Gasteiger partial charge < -0.3 is 20.1 Å². The van der Waals surface area contributed by atoms with Gasteiger partial charge in [0, 0.05) is 5.56 Å². The minimum absolute atomic E-state index is 0.105. The smallest absolute Gasteiger partial charge is 0.335 e. The Morgan fingerprint density at radius 2 is 1.70 bits per heavy atom. The zero-order chi connectivity index (χ0) is 20.2. The van der Waals surface area contributed by atoms with Gasteiger partial charge in [0.25, 0.3) is 0 Å². The van der Waals surface area contributed by atoms with Crippen LogP contribution in [0.15, 0.2) is 30.3 Å². The lowest BCUT2D eigenvalue weighted by atomic mass is 9.91. The lowest BCUT2D eigenvalue weighted by Crippen LogP contribution is -2.34. The molecular weight excluding hydrogens is 344 g/mol. The van der Waals surface area contributed by atoms with Crippen molar-refractivity contribution in [3.8, 4) is 11.5 Å². The number of hydrogen-bond acceptors (Lipinski definition) is 4. The van der Waals surface area contributed by atoms with Crippen molar-refractivity contribution < 1.29 is 24.9 Å². The fourth-order valence-corrected chi connectivity index (χ4v) is 3.14. The van der Waals surface area contributed by atoms with Gasteiger partial charge in [-0.1, -0.05) is 30.3 Å². The van der Waals surface area contributed by atoms with Crippen molar-refractivity contribution in [1.82, 2.24) is 0 Å². The fourth-order valence-electron chi connectivity index (χ4n) is 3.14. The number of hydrogen-bond donors (Lipinski definition) is 3. The first-order chi connectivity index (χ1) is 12.6. The Bertz CT molecular complexity index is 809. The normalized spacial score (nSPS) is 13.2. The second-order valence-corrected chi connectivity index (χ2v) is 7.24. The van der Waals surface area contributed by atoms with Crippen LogP contribution >= 0.6 is 0 Å². The number of carbonyl (C=O) groups is 1. The number of phenolic OH excluding ortho intramolecular Hbond substituents is 1. The first kappa shape index (κ1) is 20.8. The van der Waals surface area contributed by atoms with E-state index in [1.165, 1.54) is 6.92 Å². The third-order valence-corrected chi connectivity index (χ3v) is 5.11. The number of carboxylic acids is 1. The highest BCUT2D eigenvalue weighted by atomic mass is 16.5. The van der Waals surface area contributed by atoms with E-state index in [1.54, 1.807) is 0 Å². The van der Waals surface area contributed by atoms with Crippen LogP contribution in [0.5, 0.6) is 11.5 Å². The van der Waals surface area contributed by atoms with Gasteiger partial charge in [0.2, 0.25) is 0 Å². The Morgan fingerprint density at radius 3 is 2.30 bits per heavy atom. The van der Waals surface area contributed by atoms with Gasteiger partial charge in [0.05, 0.1) is 0 Å². The zero-order valence-corrected chi connectivity index (χ0v) is 16.4. The van der Waals surface area contributed by atoms with Crippen molar-refractivity contribution in [1.29, 1.82) is 0 Å². The fraction of sp³-hybridized carbons (Fsp3) is 0.409. The number of benzene rings is 2. The number of aliphatic carboxylic acids is 1. The summed E-state index contributed by atoms with van der Waals surface area (Å²) in [5, 5.41) is 29.5. The topological polar surface area (TPSA) is 87.0 Å². The number of ether oxygens (including phenoxy) is 1. The number of rotatable bonds is 8. The van der Waals surface area contributed by atoms with Crippen LogP contribution in [0.25, 0.3) is 0 Å². The predicted molar refractivity (Wildman–Crippen MR) is 104 cm³/mol. The molecule has 0 aliphatic rings. The molecule has 27 heavy (non-hydrogen) atoms. The van der Waals surface area contributed by atoms with Crippen molar-refractivity contribution in [2.75, 3.05) is 0 Å². The molecule has 5 heteroatoms. The van der Waals surface area contributed by atoms with Gasteiger partial charge in [-0.2, -0.15) is 0 Å². The van der Waals surface area contributed by atoms with E-state index in [9.17, 15) is 15.0 Å². The van der Waals surface area contributed by atoms with Crippen LogP contribution < -0.4 is 4.74 Å². The van der Waals surface area contributed by atoms with Gasteiger partial charge in [-0.05, 0) is 69.2 Å². The molecule has 0 amide bonds. The maximum Gasteiger partial charge on any atom is 0.335 e. The second kappa shape index (κ2) is 8.44. The molecule has 0 radical (unpaired) electrons. The molecule has 2 rings (SSSR count). The number of phenols is 1. The van der Waals surface area contributed by atoms with E-state index in [1.807, 2.05) is 51.1 Å². The van der Waals surface area contributed by atoms with E-state index < -0.39 is 11.6 Å². The Labute approximate surface area is 160 Å². The minimum atomic E-state index is -1.77. The Kier molecular flexibility index (Phi) is 6.50. The molecule has 0 saturated heterocycles. The van der Waals surface area contributed by atoms with Crippen LogP contribution in [0.3, 0.4) is 0 Å². The van der Waals surface area contributed by atoms with Gasteiger partial charge in [-0.25, -0.2) is 4.79 Å². The molecule has 0 fully saturated rings. The van der Waals surface area contributed by atoms with Crippen LogP contribution in [-0.2, 0) is 17.8 Å². The van der Waals surface area contributed by atoms with Gasteiger partial charge in [0.15, 0.2) is 5.60 Å². The summed E-state index contributed by atoms with van der Waals surface area (Å²) >= 11 is 0. The van der Waals surface area contributed by atoms with E-state index >= 15 is 0 Å². The molecule has 3 N–H and O–H groups in total. The quantitative estimate of drug-likeness (QED) is 0.651. The molecule has 1 unspecified atom stereocenters. The number of aromatic hydroxyl groups is 1. The molecule has 0 bridgehead atoms. The van der Waals surface area contributed by atoms with Crippen molar-refractivity contribution >= 4 is 5.97 Å². The molecule has 0 aliphatic carbocycles. The van der Waals surface area contributed by atoms with Gasteiger partial charge in [0.1, 0.15) is 18.1 Å². The summed E-state index contributed by atoms with van der Waals surface area (Å²) in [5.41, 5.74) is 2.52. The first-order valence-electron chi connectivity index (χ1n) is 9.09. The highest BCUT2D eigenvalue weighted by Gasteiger charge is 2.29. The van der Waals surface area contributed by atoms with Crippen LogP contribution in [0.4, 0.5) is 0 Å². The number of carboxylic acid groups (broad SMARTS) is 1. The van der Waals surface area contributed by atoms with Crippen LogP contribution in [0, 0.1) is 20.8 Å². The van der Waals surface area contributed by atoms with Crippen molar-refractivity contribution in [3.63, 3.8) is 0 Å². The van der Waals surface area contributed by atoms with Crippen LogP contribution in [0.1, 0.15) is 47.6 Å². The molecule has 0 heterocycles. The lowest BCUT2D eigenvalue weighted by Gasteiger charge is -2.21. The summed E-state index contributed by atoms with van der Waals surface area (Å²) < 4.78 is 6.06. The van der Waals surface area contributed by atoms with Gasteiger partial charge in [-0.3, -0.25) is 0 Å². The maximum absolute atomic E-state index is 11.1. The monoisotopic (exact) mass is 372 g/mol. The summed E-state index contributed by atoms with van der Waals surface area (Å²) in [5.74, 6) is -0.281. The first-order valence-corrected chi connectivity index (χ1v) is 9.09. The standard InChI is InChI=1S/C22H28O5/c1-14-15(2)20(27-13-17-9-6-5-7-10-17)16(3)18(19(14)23)11-8-12-22(4,26)21(24)25/h5-7,9-10,23,26H,8,11-13H2,1-4H3,(H,24,25). The van der Waals surface area contributed by atoms with Crippen LogP contribution in [-0.4, -0.2) is 26.9 Å². The van der Waals surface area contributed by atoms with E-state index in [0.717, 1.165) is 33.6 Å². The molecule has 5 nitrogen and oxygen atoms in total. The van der Waals surface area contributed by atoms with Crippen molar-refractivity contribution in [2.45, 2.75) is 59.2 Å². The number of aliphatic hydroxyl groups is 1. The maximum atomic E-state index is 11.1. The SMILES string of the molecule is Cc1c(C)c(OCc2ccccc2)c(C)c(CCCC(C)(O)C(=O)O)c1O. The summed E-state index contributed by atoms with van der Waals surface area (Å²) in [4.78, 5) is 11.1. The van der Waals surface area contributed by atoms with E-state index in [2.05, 4.69) is 0 Å². The summed E-state index contributed by atoms with van der Waals surface area (Å²) in [6, 6.07) is 9.86. The highest BCUT2D eigenvalue weighted by Crippen LogP contribution is 2.38. The molecule has 0 aliphatic heterocycles. The zero-order valence-electron chi connectivity index (χ0n) is 16.4. The molecule has 1 atom stereocenters. The van der Waals surface area contributed by atoms with Crippen molar-refractivity contribution in [2.24, 2.45) is 0 Å². The summed E-state index contributed by atoms with van der Waals surface area (Å²) in [7, 11) is 0. The second-order valence-electron chi connectivity index (χ2n) is 7.24. The highest BCUT2D eigenvalue weighted by molar-refractivity contribution is 5.76. The third-order valence-electron chi connectivity index (χ3n) is 5.11. The molecule has 0 saturated carbocycles. The van der Waals surface area contributed by atoms with E-state index in [0.29, 0.717) is 19.4 Å². The lowest BCUT2D eigenvalue weighted by molar-refractivity contribution is -0.157. The van der Waals surface area contributed by atoms with Gasteiger partial charge >= 0.3 is 5.97 Å². The van der Waals surface area contributed by atoms with Gasteiger partial charge in [-0.15, -0.1) is 0 Å². The molecule has 2 aromatic rings. The Hall–Kier alpha value is -2.53. The largest absolute Gasteiger partial charge is 0.507 e. The Morgan fingerprint density at radius 1 is 1.07 bits per heavy atom. The molecule has 0 spiro atoms. The average Bonchev–Trinajstić information content (AvgIpc) is 2.63. The molecule has 0 aromatic heterocycles. The molecule has 2 aromatic carbocycles. The average molecular weight is 372 g/mol. The summed E-state index contributed by atoms with van der Waals surface area (Å²) in [6.07, 6.45) is 1.01. The van der Waals surface area contributed by atoms with E-state index in [4.69, 9.17) is 9.84 Å². The predicted octanol–water partition coefficient (Wildman–Crippen LogP) is 4.05. The molecule has 146 valence electrons. The van der Waals surface area contributed by atoms with Crippen LogP contribution in [0.2, 0.25) is 0 Å². The minimum Gasteiger partial charge on any atom is -0.507 e. The Balaban J connectivity index is 2.22. The summed E-state index contributed by atoms with van der Waals surface area (Å²) in [6.45, 7) is 7.38. The van der Waals surface area contributed by atoms with Crippen molar-refractivity contribution in [3.05, 3.63) is 58.1 Å². The van der Waals surface area contributed by atoms with E-state index in [-0.39, 0.29) is 12.2 Å². The molecular formula is C22H28O5.